The maximum atomic E-state index is 13.2. The number of aromatic nitrogens is 2. The minimum absolute atomic E-state index is 0.220. The van der Waals surface area contributed by atoms with Crippen LogP contribution in [-0.4, -0.2) is 9.78 Å². The van der Waals surface area contributed by atoms with E-state index in [1.165, 1.54) is 37.8 Å². The molecule has 0 bridgehead atoms. The van der Waals surface area contributed by atoms with E-state index in [9.17, 15) is 4.39 Å². The number of rotatable bonds is 2. The van der Waals surface area contributed by atoms with Gasteiger partial charge in [0.15, 0.2) is 0 Å². The van der Waals surface area contributed by atoms with Crippen molar-refractivity contribution in [3.8, 4) is 11.1 Å². The van der Waals surface area contributed by atoms with Crippen LogP contribution in [0.15, 0.2) is 24.3 Å². The van der Waals surface area contributed by atoms with Crippen molar-refractivity contribution in [1.82, 2.24) is 9.78 Å². The van der Waals surface area contributed by atoms with Crippen molar-refractivity contribution in [2.45, 2.75) is 31.6 Å². The number of anilines is 1. The molecule has 2 atom stereocenters. The predicted octanol–water partition coefficient (Wildman–Crippen LogP) is 3.71. The average molecular weight is 285 g/mol. The lowest BCUT2D eigenvalue weighted by molar-refractivity contribution is 0.480. The fourth-order valence-electron chi connectivity index (χ4n) is 4.10. The number of aryl methyl sites for hydroxylation is 1. The molecule has 4 rings (SSSR count). The molecular formula is C17H20FN3. The summed E-state index contributed by atoms with van der Waals surface area (Å²) in [5, 5.41) is 4.69. The Morgan fingerprint density at radius 2 is 1.76 bits per heavy atom. The Morgan fingerprint density at radius 1 is 1.14 bits per heavy atom. The van der Waals surface area contributed by atoms with Gasteiger partial charge in [-0.25, -0.2) is 4.39 Å². The Hall–Kier alpha value is -1.84. The minimum atomic E-state index is -0.220. The van der Waals surface area contributed by atoms with E-state index in [4.69, 9.17) is 10.8 Å². The van der Waals surface area contributed by atoms with Crippen LogP contribution in [0, 0.1) is 17.7 Å². The van der Waals surface area contributed by atoms with Gasteiger partial charge in [-0.2, -0.15) is 5.10 Å². The number of fused-ring (bicyclic) bond motifs is 1. The molecule has 1 aromatic carbocycles. The summed E-state index contributed by atoms with van der Waals surface area (Å²) in [4.78, 5) is 0. The fourth-order valence-corrected chi connectivity index (χ4v) is 4.10. The smallest absolute Gasteiger partial charge is 0.129 e. The summed E-state index contributed by atoms with van der Waals surface area (Å²) in [5.74, 6) is 2.58. The van der Waals surface area contributed by atoms with E-state index in [-0.39, 0.29) is 5.82 Å². The Balaban J connectivity index is 1.78. The molecule has 2 aliphatic carbocycles. The van der Waals surface area contributed by atoms with Gasteiger partial charge in [0.1, 0.15) is 11.6 Å². The standard InChI is InChI=1S/C17H20FN3/c1-21-17(19)14(10-6-8-11(18)9-7-10)16(20-21)15-12-4-2-3-5-13(12)15/h6-9,12-13,15H,2-5,19H2,1H3. The molecule has 2 aromatic rings. The quantitative estimate of drug-likeness (QED) is 0.914. The summed E-state index contributed by atoms with van der Waals surface area (Å²) >= 11 is 0. The minimum Gasteiger partial charge on any atom is -0.383 e. The summed E-state index contributed by atoms with van der Waals surface area (Å²) in [6.45, 7) is 0. The van der Waals surface area contributed by atoms with Crippen LogP contribution in [0.25, 0.3) is 11.1 Å². The Labute approximate surface area is 124 Å². The number of nitrogen functional groups attached to an aromatic ring is 1. The second-order valence-electron chi connectivity index (χ2n) is 6.41. The lowest BCUT2D eigenvalue weighted by Crippen LogP contribution is -1.98. The monoisotopic (exact) mass is 285 g/mol. The van der Waals surface area contributed by atoms with E-state index in [0.717, 1.165) is 28.7 Å². The first-order chi connectivity index (χ1) is 10.2. The molecule has 2 fully saturated rings. The summed E-state index contributed by atoms with van der Waals surface area (Å²) in [6.07, 6.45) is 5.31. The fraction of sp³-hybridized carbons (Fsp3) is 0.471. The molecule has 21 heavy (non-hydrogen) atoms. The third-order valence-corrected chi connectivity index (χ3v) is 5.22. The van der Waals surface area contributed by atoms with E-state index in [1.807, 2.05) is 7.05 Å². The molecule has 1 heterocycles. The lowest BCUT2D eigenvalue weighted by Gasteiger charge is -2.04. The van der Waals surface area contributed by atoms with Crippen molar-refractivity contribution >= 4 is 5.82 Å². The molecular weight excluding hydrogens is 265 g/mol. The molecule has 0 spiro atoms. The van der Waals surface area contributed by atoms with Crippen LogP contribution in [0.3, 0.4) is 0 Å². The molecule has 0 saturated heterocycles. The second kappa shape index (κ2) is 4.58. The summed E-state index contributed by atoms with van der Waals surface area (Å²) in [5.41, 5.74) is 9.34. The summed E-state index contributed by atoms with van der Waals surface area (Å²) in [6, 6.07) is 6.59. The first-order valence-electron chi connectivity index (χ1n) is 7.75. The van der Waals surface area contributed by atoms with Gasteiger partial charge in [-0.3, -0.25) is 4.68 Å². The average Bonchev–Trinajstić information content (AvgIpc) is 3.15. The zero-order chi connectivity index (χ0) is 14.6. The normalized spacial score (nSPS) is 27.4. The van der Waals surface area contributed by atoms with E-state index in [1.54, 1.807) is 16.8 Å². The SMILES string of the molecule is Cn1nc(C2C3CCCCC32)c(-c2ccc(F)cc2)c1N. The van der Waals surface area contributed by atoms with Gasteiger partial charge in [-0.05, 0) is 42.4 Å². The Bertz CT molecular complexity index is 662. The molecule has 3 nitrogen and oxygen atoms in total. The molecule has 2 unspecified atom stereocenters. The van der Waals surface area contributed by atoms with Crippen molar-refractivity contribution in [1.29, 1.82) is 0 Å². The Kier molecular flexibility index (Phi) is 2.81. The number of hydrogen-bond donors (Lipinski definition) is 1. The molecule has 1 aromatic heterocycles. The molecule has 0 amide bonds. The van der Waals surface area contributed by atoms with Gasteiger partial charge in [0.25, 0.3) is 0 Å². The molecule has 110 valence electrons. The largest absolute Gasteiger partial charge is 0.383 e. The van der Waals surface area contributed by atoms with E-state index in [0.29, 0.717) is 11.7 Å². The van der Waals surface area contributed by atoms with Crippen molar-refractivity contribution in [3.63, 3.8) is 0 Å². The number of benzene rings is 1. The van der Waals surface area contributed by atoms with Crippen LogP contribution in [-0.2, 0) is 7.05 Å². The Morgan fingerprint density at radius 3 is 2.38 bits per heavy atom. The van der Waals surface area contributed by atoms with Gasteiger partial charge >= 0.3 is 0 Å². The van der Waals surface area contributed by atoms with Crippen LogP contribution < -0.4 is 5.73 Å². The highest BCUT2D eigenvalue weighted by molar-refractivity contribution is 5.77. The number of halogens is 1. The predicted molar refractivity (Wildman–Crippen MR) is 81.2 cm³/mol. The summed E-state index contributed by atoms with van der Waals surface area (Å²) in [7, 11) is 1.89. The first kappa shape index (κ1) is 12.9. The highest BCUT2D eigenvalue weighted by Gasteiger charge is 2.53. The molecule has 2 N–H and O–H groups in total. The third-order valence-electron chi connectivity index (χ3n) is 5.22. The highest BCUT2D eigenvalue weighted by atomic mass is 19.1. The highest BCUT2D eigenvalue weighted by Crippen LogP contribution is 2.62. The van der Waals surface area contributed by atoms with Crippen LogP contribution >= 0.6 is 0 Å². The number of nitrogens with two attached hydrogens (primary N) is 1. The molecule has 2 aliphatic rings. The third kappa shape index (κ3) is 1.96. The zero-order valence-corrected chi connectivity index (χ0v) is 12.2. The van der Waals surface area contributed by atoms with Crippen molar-refractivity contribution < 1.29 is 4.39 Å². The maximum absolute atomic E-state index is 13.2. The van der Waals surface area contributed by atoms with Gasteiger partial charge in [0, 0.05) is 18.5 Å². The van der Waals surface area contributed by atoms with Gasteiger partial charge in [0.05, 0.1) is 5.69 Å². The lowest BCUT2D eigenvalue weighted by atomic mass is 10.0. The van der Waals surface area contributed by atoms with Crippen molar-refractivity contribution in [2.24, 2.45) is 18.9 Å². The molecule has 0 radical (unpaired) electrons. The number of nitrogens with zero attached hydrogens (tertiary/aromatic N) is 2. The zero-order valence-electron chi connectivity index (χ0n) is 12.2. The van der Waals surface area contributed by atoms with Crippen LogP contribution in [0.2, 0.25) is 0 Å². The topological polar surface area (TPSA) is 43.8 Å². The first-order valence-corrected chi connectivity index (χ1v) is 7.75. The van der Waals surface area contributed by atoms with Gasteiger partial charge in [-0.1, -0.05) is 25.0 Å². The van der Waals surface area contributed by atoms with Crippen molar-refractivity contribution in [3.05, 3.63) is 35.8 Å². The van der Waals surface area contributed by atoms with Crippen LogP contribution in [0.5, 0.6) is 0 Å². The maximum Gasteiger partial charge on any atom is 0.129 e. The molecule has 0 aliphatic heterocycles. The van der Waals surface area contributed by atoms with Crippen LogP contribution in [0.1, 0.15) is 37.3 Å². The van der Waals surface area contributed by atoms with Gasteiger partial charge in [-0.15, -0.1) is 0 Å². The number of hydrogen-bond acceptors (Lipinski definition) is 2. The van der Waals surface area contributed by atoms with Crippen LogP contribution in [0.4, 0.5) is 10.2 Å². The van der Waals surface area contributed by atoms with E-state index in [2.05, 4.69) is 0 Å². The van der Waals surface area contributed by atoms with Gasteiger partial charge in [0.2, 0.25) is 0 Å². The van der Waals surface area contributed by atoms with E-state index >= 15 is 0 Å². The van der Waals surface area contributed by atoms with Crippen molar-refractivity contribution in [2.75, 3.05) is 5.73 Å². The van der Waals surface area contributed by atoms with E-state index < -0.39 is 0 Å². The molecule has 4 heteroatoms. The molecule has 2 saturated carbocycles. The second-order valence-corrected chi connectivity index (χ2v) is 6.41. The van der Waals surface area contributed by atoms with Gasteiger partial charge < -0.3 is 5.73 Å². The summed E-state index contributed by atoms with van der Waals surface area (Å²) < 4.78 is 14.9.